The van der Waals surface area contributed by atoms with E-state index in [2.05, 4.69) is 24.1 Å². The zero-order chi connectivity index (χ0) is 18.3. The van der Waals surface area contributed by atoms with Crippen molar-refractivity contribution in [3.05, 3.63) is 49.8 Å². The summed E-state index contributed by atoms with van der Waals surface area (Å²) in [7, 11) is 3.51. The number of hydrogen-bond acceptors (Lipinski definition) is 4. The average molecular weight is 358 g/mol. The molecule has 0 aliphatic carbocycles. The van der Waals surface area contributed by atoms with Crippen LogP contribution >= 0.6 is 11.3 Å². The van der Waals surface area contributed by atoms with Crippen LogP contribution in [0.15, 0.2) is 23.0 Å². The second kappa shape index (κ2) is 6.48. The van der Waals surface area contributed by atoms with E-state index in [0.717, 1.165) is 27.3 Å². The average Bonchev–Trinajstić information content (AvgIpc) is 3.07. The van der Waals surface area contributed by atoms with Gasteiger partial charge in [-0.05, 0) is 24.6 Å². The number of hydrogen-bond donors (Lipinski definition) is 1. The number of carbonyl (C=O) groups excluding carboxylic acids is 1. The largest absolute Gasteiger partial charge is 0.347 e. The highest BCUT2D eigenvalue weighted by Crippen LogP contribution is 2.24. The summed E-state index contributed by atoms with van der Waals surface area (Å²) in [5, 5.41) is 3.93. The van der Waals surface area contributed by atoms with Crippen LogP contribution in [0.1, 0.15) is 45.7 Å². The van der Waals surface area contributed by atoms with Crippen LogP contribution in [0.25, 0.3) is 11.0 Å². The highest BCUT2D eigenvalue weighted by atomic mass is 32.1. The molecule has 0 saturated carbocycles. The van der Waals surface area contributed by atoms with Crippen molar-refractivity contribution in [1.82, 2.24) is 19.4 Å². The Kier molecular flexibility index (Phi) is 4.51. The third-order valence-electron chi connectivity index (χ3n) is 4.30. The van der Waals surface area contributed by atoms with Gasteiger partial charge in [0.25, 0.3) is 5.91 Å². The van der Waals surface area contributed by atoms with E-state index in [4.69, 9.17) is 0 Å². The molecule has 7 heteroatoms. The number of rotatable bonds is 4. The molecule has 132 valence electrons. The van der Waals surface area contributed by atoms with Crippen LogP contribution in [0.5, 0.6) is 0 Å². The fourth-order valence-corrected chi connectivity index (χ4v) is 3.79. The number of carbonyl (C=O) groups is 1. The molecule has 3 rings (SSSR count). The Morgan fingerprint density at radius 1 is 1.24 bits per heavy atom. The molecule has 3 aromatic rings. The van der Waals surface area contributed by atoms with Gasteiger partial charge in [-0.15, -0.1) is 11.3 Å². The molecular formula is C18H22N4O2S. The Labute approximate surface area is 150 Å². The van der Waals surface area contributed by atoms with Crippen molar-refractivity contribution >= 4 is 28.3 Å². The van der Waals surface area contributed by atoms with Crippen LogP contribution in [0.4, 0.5) is 0 Å². The lowest BCUT2D eigenvalue weighted by molar-refractivity contribution is 0.0954. The Morgan fingerprint density at radius 2 is 1.92 bits per heavy atom. The summed E-state index contributed by atoms with van der Waals surface area (Å²) >= 11 is 1.45. The predicted molar refractivity (Wildman–Crippen MR) is 100 cm³/mol. The van der Waals surface area contributed by atoms with Gasteiger partial charge in [-0.3, -0.25) is 13.9 Å². The summed E-state index contributed by atoms with van der Waals surface area (Å²) in [6, 6.07) is 5.78. The monoisotopic (exact) mass is 358 g/mol. The fraction of sp³-hybridized carbons (Fsp3) is 0.389. The second-order valence-corrected chi connectivity index (χ2v) is 7.56. The molecule has 0 aliphatic rings. The van der Waals surface area contributed by atoms with Crippen LogP contribution in [-0.4, -0.2) is 20.0 Å². The Hall–Kier alpha value is -2.41. The van der Waals surface area contributed by atoms with E-state index in [0.29, 0.717) is 17.3 Å². The molecule has 25 heavy (non-hydrogen) atoms. The maximum absolute atomic E-state index is 12.5. The SMILES string of the molecule is Cc1nc(C(C)C)sc1C(=O)NCc1ccc2c(c1)n(C)c(=O)n2C. The molecular weight excluding hydrogens is 336 g/mol. The summed E-state index contributed by atoms with van der Waals surface area (Å²) in [6.07, 6.45) is 0. The topological polar surface area (TPSA) is 68.9 Å². The van der Waals surface area contributed by atoms with Crippen LogP contribution < -0.4 is 11.0 Å². The maximum Gasteiger partial charge on any atom is 0.328 e. The van der Waals surface area contributed by atoms with E-state index in [9.17, 15) is 9.59 Å². The first kappa shape index (κ1) is 17.4. The van der Waals surface area contributed by atoms with Crippen molar-refractivity contribution in [1.29, 1.82) is 0 Å². The number of nitrogens with zero attached hydrogens (tertiary/aromatic N) is 3. The van der Waals surface area contributed by atoms with E-state index < -0.39 is 0 Å². The summed E-state index contributed by atoms with van der Waals surface area (Å²) in [5.74, 6) is 0.205. The molecule has 0 radical (unpaired) electrons. The first-order valence-corrected chi connectivity index (χ1v) is 9.01. The number of fused-ring (bicyclic) bond motifs is 1. The van der Waals surface area contributed by atoms with Gasteiger partial charge in [0, 0.05) is 26.6 Å². The van der Waals surface area contributed by atoms with Crippen LogP contribution in [0.3, 0.4) is 0 Å². The zero-order valence-corrected chi connectivity index (χ0v) is 15.9. The molecule has 0 atom stereocenters. The fourth-order valence-electron chi connectivity index (χ4n) is 2.80. The van der Waals surface area contributed by atoms with Crippen molar-refractivity contribution in [2.75, 3.05) is 0 Å². The van der Waals surface area contributed by atoms with Gasteiger partial charge in [0.1, 0.15) is 4.88 Å². The smallest absolute Gasteiger partial charge is 0.328 e. The minimum atomic E-state index is -0.107. The van der Waals surface area contributed by atoms with Crippen molar-refractivity contribution in [2.45, 2.75) is 33.2 Å². The molecule has 2 heterocycles. The van der Waals surface area contributed by atoms with Gasteiger partial charge in [0.15, 0.2) is 0 Å². The molecule has 0 bridgehead atoms. The zero-order valence-electron chi connectivity index (χ0n) is 15.1. The molecule has 2 aromatic heterocycles. The lowest BCUT2D eigenvalue weighted by Gasteiger charge is -2.05. The Morgan fingerprint density at radius 3 is 2.56 bits per heavy atom. The van der Waals surface area contributed by atoms with Gasteiger partial charge in [0.2, 0.25) is 0 Å². The molecule has 0 spiro atoms. The highest BCUT2D eigenvalue weighted by molar-refractivity contribution is 7.13. The van der Waals surface area contributed by atoms with E-state index in [1.807, 2.05) is 25.1 Å². The quantitative estimate of drug-likeness (QED) is 0.780. The standard InChI is InChI=1S/C18H22N4O2S/c1-10(2)17-20-11(3)15(25-17)16(23)19-9-12-6-7-13-14(8-12)22(5)18(24)21(13)4/h6-8,10H,9H2,1-5H3,(H,19,23). The normalized spacial score (nSPS) is 11.4. The molecule has 6 nitrogen and oxygen atoms in total. The molecule has 1 N–H and O–H groups in total. The van der Waals surface area contributed by atoms with Gasteiger partial charge >= 0.3 is 5.69 Å². The summed E-state index contributed by atoms with van der Waals surface area (Å²) in [5.41, 5.74) is 3.40. The minimum absolute atomic E-state index is 0.0577. The first-order valence-electron chi connectivity index (χ1n) is 8.19. The van der Waals surface area contributed by atoms with Gasteiger partial charge in [-0.2, -0.15) is 0 Å². The lowest BCUT2D eigenvalue weighted by atomic mass is 10.2. The molecule has 0 unspecified atom stereocenters. The highest BCUT2D eigenvalue weighted by Gasteiger charge is 2.17. The van der Waals surface area contributed by atoms with E-state index in [1.54, 1.807) is 23.2 Å². The first-order chi connectivity index (χ1) is 11.8. The third-order valence-corrected chi connectivity index (χ3v) is 5.76. The number of thiazole rings is 1. The molecule has 1 aromatic carbocycles. The van der Waals surface area contributed by atoms with Crippen molar-refractivity contribution < 1.29 is 4.79 Å². The summed E-state index contributed by atoms with van der Waals surface area (Å²) in [4.78, 5) is 29.6. The lowest BCUT2D eigenvalue weighted by Crippen LogP contribution is -2.22. The van der Waals surface area contributed by atoms with Crippen molar-refractivity contribution in [3.8, 4) is 0 Å². The van der Waals surface area contributed by atoms with Crippen LogP contribution in [0.2, 0.25) is 0 Å². The van der Waals surface area contributed by atoms with Crippen molar-refractivity contribution in [3.63, 3.8) is 0 Å². The van der Waals surface area contributed by atoms with Gasteiger partial charge in [-0.25, -0.2) is 9.78 Å². The number of benzene rings is 1. The minimum Gasteiger partial charge on any atom is -0.347 e. The Balaban J connectivity index is 1.79. The number of aryl methyl sites for hydroxylation is 3. The second-order valence-electron chi connectivity index (χ2n) is 6.53. The number of aromatic nitrogens is 3. The number of imidazole rings is 1. The van der Waals surface area contributed by atoms with E-state index in [1.165, 1.54) is 11.3 Å². The summed E-state index contributed by atoms with van der Waals surface area (Å²) < 4.78 is 3.23. The molecule has 0 aliphatic heterocycles. The van der Waals surface area contributed by atoms with Crippen LogP contribution in [-0.2, 0) is 20.6 Å². The van der Waals surface area contributed by atoms with E-state index in [-0.39, 0.29) is 11.6 Å². The number of amides is 1. The molecule has 0 saturated heterocycles. The summed E-state index contributed by atoms with van der Waals surface area (Å²) in [6.45, 7) is 6.41. The van der Waals surface area contributed by atoms with E-state index >= 15 is 0 Å². The molecule has 1 amide bonds. The molecule has 0 fully saturated rings. The van der Waals surface area contributed by atoms with Crippen molar-refractivity contribution in [2.24, 2.45) is 14.1 Å². The van der Waals surface area contributed by atoms with Gasteiger partial charge < -0.3 is 5.32 Å². The van der Waals surface area contributed by atoms with Gasteiger partial charge in [-0.1, -0.05) is 19.9 Å². The number of nitrogens with one attached hydrogen (secondary N) is 1. The van der Waals surface area contributed by atoms with Crippen LogP contribution in [0, 0.1) is 6.92 Å². The maximum atomic E-state index is 12.5. The third kappa shape index (κ3) is 3.11. The van der Waals surface area contributed by atoms with Gasteiger partial charge in [0.05, 0.1) is 21.7 Å². The predicted octanol–water partition coefficient (Wildman–Crippen LogP) is 2.70. The Bertz CT molecular complexity index is 1010.